The van der Waals surface area contributed by atoms with E-state index in [1.165, 1.54) is 30.8 Å². The number of nitrogens with zero attached hydrogens (tertiary/aromatic N) is 1. The van der Waals surface area contributed by atoms with Gasteiger partial charge in [0, 0.05) is 16.0 Å². The van der Waals surface area contributed by atoms with Crippen molar-refractivity contribution in [3.8, 4) is 0 Å². The van der Waals surface area contributed by atoms with Gasteiger partial charge in [-0.3, -0.25) is 4.99 Å². The van der Waals surface area contributed by atoms with Gasteiger partial charge in [-0.2, -0.15) is 11.8 Å². The maximum atomic E-state index is 4.78. The van der Waals surface area contributed by atoms with Crippen molar-refractivity contribution < 1.29 is 0 Å². The molecule has 0 aromatic rings. The third-order valence-corrected chi connectivity index (χ3v) is 5.70. The molecule has 2 saturated heterocycles. The number of hydrogen-bond acceptors (Lipinski definition) is 3. The van der Waals surface area contributed by atoms with Crippen molar-refractivity contribution >= 4 is 28.7 Å². The minimum atomic E-state index is 0.230. The van der Waals surface area contributed by atoms with E-state index in [9.17, 15) is 0 Å². The second kappa shape index (κ2) is 4.81. The molecule has 0 bridgehead atoms. The van der Waals surface area contributed by atoms with Gasteiger partial charge in [-0.25, -0.2) is 0 Å². The van der Waals surface area contributed by atoms with Gasteiger partial charge in [0.25, 0.3) is 0 Å². The molecule has 4 heteroatoms. The van der Waals surface area contributed by atoms with Crippen molar-refractivity contribution in [1.82, 2.24) is 5.32 Å². The van der Waals surface area contributed by atoms with Gasteiger partial charge < -0.3 is 5.32 Å². The topological polar surface area (TPSA) is 24.4 Å². The summed E-state index contributed by atoms with van der Waals surface area (Å²) in [4.78, 5) is 4.78. The number of thioether (sulfide) groups is 2. The molecule has 0 aromatic carbocycles. The van der Waals surface area contributed by atoms with Crippen molar-refractivity contribution in [1.29, 1.82) is 0 Å². The van der Waals surface area contributed by atoms with Crippen LogP contribution in [0, 0.1) is 0 Å². The molecule has 2 nitrogen and oxygen atoms in total. The maximum Gasteiger partial charge on any atom is 0.157 e. The number of aliphatic imine (C=N–C) groups is 1. The highest BCUT2D eigenvalue weighted by Crippen LogP contribution is 2.38. The average Bonchev–Trinajstić information content (AvgIpc) is 2.62. The van der Waals surface area contributed by atoms with Gasteiger partial charge in [0.1, 0.15) is 0 Å². The molecule has 0 aromatic heterocycles. The van der Waals surface area contributed by atoms with Gasteiger partial charge >= 0.3 is 0 Å². The lowest BCUT2D eigenvalue weighted by molar-refractivity contribution is 0.445. The van der Waals surface area contributed by atoms with Crippen LogP contribution in [0.15, 0.2) is 4.99 Å². The van der Waals surface area contributed by atoms with Crippen LogP contribution in [0.3, 0.4) is 0 Å². The molecule has 1 atom stereocenters. The van der Waals surface area contributed by atoms with Crippen LogP contribution in [0.2, 0.25) is 0 Å². The minimum absolute atomic E-state index is 0.230. The Bertz CT molecular complexity index is 281. The first-order valence-electron chi connectivity index (χ1n) is 6.09. The van der Waals surface area contributed by atoms with E-state index in [-0.39, 0.29) is 5.54 Å². The first-order chi connectivity index (χ1) is 7.49. The zero-order chi connectivity index (χ0) is 11.6. The molecule has 0 radical (unpaired) electrons. The summed E-state index contributed by atoms with van der Waals surface area (Å²) in [7, 11) is 0. The van der Waals surface area contributed by atoms with Crippen LogP contribution < -0.4 is 5.32 Å². The van der Waals surface area contributed by atoms with Crippen molar-refractivity contribution in [2.24, 2.45) is 4.99 Å². The Morgan fingerprint density at radius 3 is 2.69 bits per heavy atom. The Balaban J connectivity index is 1.91. The molecule has 16 heavy (non-hydrogen) atoms. The number of amidine groups is 1. The van der Waals surface area contributed by atoms with Crippen LogP contribution in [0.1, 0.15) is 40.0 Å². The fraction of sp³-hybridized carbons (Fsp3) is 0.917. The summed E-state index contributed by atoms with van der Waals surface area (Å²) in [6.45, 7) is 7.85. The van der Waals surface area contributed by atoms with Crippen molar-refractivity contribution in [2.45, 2.75) is 50.3 Å². The molecule has 0 aliphatic carbocycles. The average molecular weight is 258 g/mol. The summed E-state index contributed by atoms with van der Waals surface area (Å²) in [5.41, 5.74) is 0.230. The molecule has 2 aliphatic rings. The van der Waals surface area contributed by atoms with E-state index in [4.69, 9.17) is 4.99 Å². The molecule has 2 heterocycles. The predicted molar refractivity (Wildman–Crippen MR) is 76.7 cm³/mol. The van der Waals surface area contributed by atoms with Gasteiger partial charge in [0.15, 0.2) is 5.17 Å². The van der Waals surface area contributed by atoms with E-state index >= 15 is 0 Å². The number of hydrogen-bond donors (Lipinski definition) is 1. The van der Waals surface area contributed by atoms with Crippen molar-refractivity contribution in [3.63, 3.8) is 0 Å². The summed E-state index contributed by atoms with van der Waals surface area (Å²) in [6, 6.07) is 0. The lowest BCUT2D eigenvalue weighted by atomic mass is 10.0. The Labute approximate surface area is 107 Å². The second-order valence-corrected chi connectivity index (χ2v) is 8.40. The van der Waals surface area contributed by atoms with Gasteiger partial charge in [-0.05, 0) is 45.8 Å². The van der Waals surface area contributed by atoms with Crippen LogP contribution in [-0.4, -0.2) is 33.5 Å². The largest absolute Gasteiger partial charge is 0.360 e. The van der Waals surface area contributed by atoms with Crippen LogP contribution >= 0.6 is 23.5 Å². The van der Waals surface area contributed by atoms with E-state index in [0.717, 1.165) is 11.7 Å². The van der Waals surface area contributed by atoms with E-state index < -0.39 is 0 Å². The molecule has 92 valence electrons. The first-order valence-corrected chi connectivity index (χ1v) is 8.06. The minimum Gasteiger partial charge on any atom is -0.360 e. The third-order valence-electron chi connectivity index (χ3n) is 3.27. The summed E-state index contributed by atoms with van der Waals surface area (Å²) in [5.74, 6) is 2.51. The Morgan fingerprint density at radius 1 is 1.25 bits per heavy atom. The highest BCUT2D eigenvalue weighted by molar-refractivity contribution is 8.13. The Morgan fingerprint density at radius 2 is 2.06 bits per heavy atom. The standard InChI is InChI=1S/C12H22N2S2/c1-11(2)6-8-15-10(14-11)13-9-12(3)5-4-7-16-12/h4-9H2,1-3H3,(H,13,14). The SMILES string of the molecule is CC1(C)CCSC(=NCC2(C)CCCS2)N1. The molecule has 1 unspecified atom stereocenters. The molecule has 1 N–H and O–H groups in total. The smallest absolute Gasteiger partial charge is 0.157 e. The Hall–Kier alpha value is 0.170. The molecular formula is C12H22N2S2. The lowest BCUT2D eigenvalue weighted by Gasteiger charge is -2.33. The van der Waals surface area contributed by atoms with Crippen LogP contribution in [-0.2, 0) is 0 Å². The van der Waals surface area contributed by atoms with E-state index in [2.05, 4.69) is 37.8 Å². The fourth-order valence-electron chi connectivity index (χ4n) is 2.08. The predicted octanol–water partition coefficient (Wildman–Crippen LogP) is 3.13. The molecule has 2 fully saturated rings. The summed E-state index contributed by atoms with van der Waals surface area (Å²) >= 11 is 3.97. The maximum absolute atomic E-state index is 4.78. The molecule has 2 rings (SSSR count). The highest BCUT2D eigenvalue weighted by Gasteiger charge is 2.30. The molecule has 0 saturated carbocycles. The number of nitrogens with one attached hydrogen (secondary N) is 1. The summed E-state index contributed by atoms with van der Waals surface area (Å²) in [6.07, 6.45) is 3.91. The second-order valence-electron chi connectivity index (χ2n) is 5.63. The summed E-state index contributed by atoms with van der Waals surface area (Å²) < 4.78 is 0.400. The third kappa shape index (κ3) is 3.33. The Kier molecular flexibility index (Phi) is 3.79. The van der Waals surface area contributed by atoms with E-state index in [0.29, 0.717) is 4.75 Å². The zero-order valence-corrected chi connectivity index (χ0v) is 12.1. The van der Waals surface area contributed by atoms with Gasteiger partial charge in [-0.15, -0.1) is 0 Å². The van der Waals surface area contributed by atoms with E-state index in [1.807, 2.05) is 11.8 Å². The van der Waals surface area contributed by atoms with Gasteiger partial charge in [0.05, 0.1) is 6.54 Å². The quantitative estimate of drug-likeness (QED) is 0.823. The summed E-state index contributed by atoms with van der Waals surface area (Å²) in [5, 5.41) is 4.69. The molecule has 2 aliphatic heterocycles. The monoisotopic (exact) mass is 258 g/mol. The normalized spacial score (nSPS) is 36.3. The van der Waals surface area contributed by atoms with Crippen molar-refractivity contribution in [3.05, 3.63) is 0 Å². The zero-order valence-electron chi connectivity index (χ0n) is 10.5. The van der Waals surface area contributed by atoms with Crippen LogP contribution in [0.25, 0.3) is 0 Å². The molecular weight excluding hydrogens is 236 g/mol. The molecule has 0 spiro atoms. The number of rotatable bonds is 2. The first kappa shape index (κ1) is 12.6. The molecule has 0 amide bonds. The van der Waals surface area contributed by atoms with Gasteiger partial charge in [-0.1, -0.05) is 11.8 Å². The van der Waals surface area contributed by atoms with Gasteiger partial charge in [0.2, 0.25) is 0 Å². The van der Waals surface area contributed by atoms with Crippen LogP contribution in [0.4, 0.5) is 0 Å². The fourth-order valence-corrected chi connectivity index (χ4v) is 4.61. The van der Waals surface area contributed by atoms with Crippen molar-refractivity contribution in [2.75, 3.05) is 18.1 Å². The van der Waals surface area contributed by atoms with Crippen LogP contribution in [0.5, 0.6) is 0 Å². The lowest BCUT2D eigenvalue weighted by Crippen LogP contribution is -2.46. The highest BCUT2D eigenvalue weighted by atomic mass is 32.2. The van der Waals surface area contributed by atoms with E-state index in [1.54, 1.807) is 0 Å².